The summed E-state index contributed by atoms with van der Waals surface area (Å²) in [4.78, 5) is 9.49. The fourth-order valence-corrected chi connectivity index (χ4v) is 10.7. The van der Waals surface area contributed by atoms with E-state index in [9.17, 15) is 0 Å². The molecule has 360 valence electrons. The molecule has 3 aromatic heterocycles. The van der Waals surface area contributed by atoms with Crippen molar-refractivity contribution in [3.8, 4) is 22.5 Å². The predicted molar refractivity (Wildman–Crippen MR) is 302 cm³/mol. The summed E-state index contributed by atoms with van der Waals surface area (Å²) < 4.78 is 4.74. The molecule has 4 unspecified atom stereocenters. The molecule has 0 fully saturated rings. The number of aromatic nitrogens is 3. The number of hydrogen-bond donors (Lipinski definition) is 6. The van der Waals surface area contributed by atoms with E-state index in [4.69, 9.17) is 10.7 Å². The summed E-state index contributed by atoms with van der Waals surface area (Å²) >= 11 is 0. The predicted octanol–water partition coefficient (Wildman–Crippen LogP) is 12.3. The highest BCUT2D eigenvalue weighted by molar-refractivity contribution is 6.12. The second-order valence-corrected chi connectivity index (χ2v) is 19.0. The van der Waals surface area contributed by atoms with Gasteiger partial charge in [0.2, 0.25) is 0 Å². The fourth-order valence-electron chi connectivity index (χ4n) is 10.7. The number of amidine groups is 1. The van der Waals surface area contributed by atoms with Gasteiger partial charge in [-0.3, -0.25) is 20.9 Å². The summed E-state index contributed by atoms with van der Waals surface area (Å²) in [6.07, 6.45) is 8.98. The molecule has 0 bridgehead atoms. The first-order valence-corrected chi connectivity index (χ1v) is 25.3. The Hall–Kier alpha value is -8.90. The van der Waals surface area contributed by atoms with Crippen molar-refractivity contribution >= 4 is 49.4 Å². The van der Waals surface area contributed by atoms with Crippen molar-refractivity contribution in [2.24, 2.45) is 10.7 Å². The van der Waals surface area contributed by atoms with Crippen LogP contribution < -0.4 is 32.3 Å². The van der Waals surface area contributed by atoms with Crippen LogP contribution in [-0.4, -0.2) is 26.5 Å². The van der Waals surface area contributed by atoms with Gasteiger partial charge in [0.15, 0.2) is 0 Å². The van der Waals surface area contributed by atoms with Crippen molar-refractivity contribution in [2.45, 2.75) is 31.2 Å². The second kappa shape index (κ2) is 19.6. The van der Waals surface area contributed by atoms with Crippen molar-refractivity contribution < 1.29 is 0 Å². The molecule has 13 rings (SSSR count). The summed E-state index contributed by atoms with van der Waals surface area (Å²) in [7, 11) is 0. The molecule has 0 radical (unpaired) electrons. The average Bonchev–Trinajstić information content (AvgIpc) is 3.99. The van der Waals surface area contributed by atoms with Gasteiger partial charge in [0, 0.05) is 75.7 Å². The number of dihydropyridines is 1. The molecule has 7 N–H and O–H groups in total. The van der Waals surface area contributed by atoms with Crippen molar-refractivity contribution in [3.05, 3.63) is 270 Å². The molecule has 8 aromatic carbocycles. The lowest BCUT2D eigenvalue weighted by atomic mass is 10.0. The van der Waals surface area contributed by atoms with E-state index in [0.717, 1.165) is 73.6 Å². The molecule has 0 saturated carbocycles. The van der Waals surface area contributed by atoms with E-state index in [0.29, 0.717) is 6.54 Å². The highest BCUT2D eigenvalue weighted by Crippen LogP contribution is 2.39. The summed E-state index contributed by atoms with van der Waals surface area (Å²) in [5, 5.41) is 22.9. The number of aliphatic imine (C=N–C) groups is 1. The lowest BCUT2D eigenvalue weighted by Crippen LogP contribution is -2.45. The van der Waals surface area contributed by atoms with Gasteiger partial charge < -0.3 is 25.5 Å². The van der Waals surface area contributed by atoms with Crippen LogP contribution in [0.2, 0.25) is 0 Å². The minimum atomic E-state index is -0.426. The summed E-state index contributed by atoms with van der Waals surface area (Å²) in [6.45, 7) is 1.50. The molecule has 0 amide bonds. The molecule has 11 aromatic rings. The number of rotatable bonds is 13. The molecule has 2 aliphatic heterocycles. The molecule has 74 heavy (non-hydrogen) atoms. The summed E-state index contributed by atoms with van der Waals surface area (Å²) in [6, 6.07) is 73.5. The molecule has 10 heteroatoms. The molecule has 2 aliphatic rings. The minimum absolute atomic E-state index is 0.150. The van der Waals surface area contributed by atoms with E-state index in [1.807, 2.05) is 30.6 Å². The average molecular weight is 963 g/mol. The highest BCUT2D eigenvalue weighted by atomic mass is 15.3. The summed E-state index contributed by atoms with van der Waals surface area (Å²) in [5.41, 5.74) is 22.5. The molecular formula is C64H54N10. The maximum atomic E-state index is 6.90. The number of nitrogens with zero attached hydrogens (tertiary/aromatic N) is 4. The van der Waals surface area contributed by atoms with Gasteiger partial charge >= 0.3 is 0 Å². The van der Waals surface area contributed by atoms with Crippen LogP contribution in [0.5, 0.6) is 0 Å². The first-order chi connectivity index (χ1) is 36.6. The van der Waals surface area contributed by atoms with Gasteiger partial charge in [0.05, 0.1) is 34.4 Å². The maximum absolute atomic E-state index is 6.90. The SMILES string of the molecule is NC(NC(NCc1ccccc1)c1cccnc1)c1ccc(-n2c3ccccc3c3cc(-c4ccc5c(c4)c4ccccc4n5-c4ccc(C5NC(C6=CNCC=C6)=NC(c6ccccc6)N5)cc4)ccc32)cc1. The standard InChI is InChI=1S/C64H54N10/c65-60(69-61(48-17-11-35-66-40-48)68-39-42-13-3-1-4-14-42)43-23-29-50(30-24-43)73-56-21-9-7-19-52(56)54-37-46(27-33-58(54)73)47-28-34-59-55(38-47)53-20-8-10-22-57(53)74(59)51-31-25-45(26-32-51)63-70-62(44-15-5-2-6-16-44)71-64(72-63)49-18-12-36-67-41-49/h1-35,37-38,40-41,60-63,67-70H,36,39,65H2,(H,71,72). The van der Waals surface area contributed by atoms with Gasteiger partial charge in [0.1, 0.15) is 18.2 Å². The van der Waals surface area contributed by atoms with Gasteiger partial charge in [-0.25, -0.2) is 4.99 Å². The van der Waals surface area contributed by atoms with Crippen molar-refractivity contribution in [1.82, 2.24) is 40.7 Å². The molecule has 10 nitrogen and oxygen atoms in total. The number of benzene rings is 8. The van der Waals surface area contributed by atoms with E-state index >= 15 is 0 Å². The zero-order valence-electron chi connectivity index (χ0n) is 40.6. The number of nitrogens with two attached hydrogens (primary N) is 1. The molecular weight excluding hydrogens is 909 g/mol. The lowest BCUT2D eigenvalue weighted by Gasteiger charge is -2.32. The Bertz CT molecular complexity index is 3900. The Morgan fingerprint density at radius 1 is 0.581 bits per heavy atom. The van der Waals surface area contributed by atoms with Crippen LogP contribution in [0.1, 0.15) is 52.5 Å². The van der Waals surface area contributed by atoms with Crippen LogP contribution in [0.25, 0.3) is 66.1 Å². The molecule has 5 heterocycles. The third kappa shape index (κ3) is 8.61. The van der Waals surface area contributed by atoms with Crippen LogP contribution in [0, 0.1) is 0 Å². The largest absolute Gasteiger partial charge is 0.387 e. The zero-order valence-corrected chi connectivity index (χ0v) is 40.6. The van der Waals surface area contributed by atoms with Crippen LogP contribution >= 0.6 is 0 Å². The second-order valence-electron chi connectivity index (χ2n) is 19.0. The summed E-state index contributed by atoms with van der Waals surface area (Å²) in [5.74, 6) is 0.859. The Kier molecular flexibility index (Phi) is 11.9. The highest BCUT2D eigenvalue weighted by Gasteiger charge is 2.27. The maximum Gasteiger partial charge on any atom is 0.133 e. The number of para-hydroxylation sites is 2. The smallest absolute Gasteiger partial charge is 0.133 e. The Morgan fingerprint density at radius 3 is 1.81 bits per heavy atom. The fraction of sp³-hybridized carbons (Fsp3) is 0.0938. The number of fused-ring (bicyclic) bond motifs is 6. The van der Waals surface area contributed by atoms with Crippen LogP contribution in [0.3, 0.4) is 0 Å². The van der Waals surface area contributed by atoms with Crippen molar-refractivity contribution in [3.63, 3.8) is 0 Å². The number of pyridine rings is 1. The van der Waals surface area contributed by atoms with Crippen LogP contribution in [0.15, 0.2) is 248 Å². The number of nitrogens with one attached hydrogen (secondary N) is 5. The van der Waals surface area contributed by atoms with Gasteiger partial charge in [-0.15, -0.1) is 0 Å². The molecule has 0 saturated heterocycles. The quantitative estimate of drug-likeness (QED) is 0.0637. The molecule has 0 aliphatic carbocycles. The van der Waals surface area contributed by atoms with Gasteiger partial charge in [-0.05, 0) is 100 Å². The Labute approximate surface area is 429 Å². The zero-order chi connectivity index (χ0) is 49.4. The van der Waals surface area contributed by atoms with E-state index in [1.165, 1.54) is 38.2 Å². The van der Waals surface area contributed by atoms with Crippen LogP contribution in [0.4, 0.5) is 0 Å². The Morgan fingerprint density at radius 2 is 1.19 bits per heavy atom. The van der Waals surface area contributed by atoms with Gasteiger partial charge in [-0.1, -0.05) is 152 Å². The third-order valence-electron chi connectivity index (χ3n) is 14.4. The number of hydrogen-bond acceptors (Lipinski definition) is 8. The first-order valence-electron chi connectivity index (χ1n) is 25.3. The van der Waals surface area contributed by atoms with E-state index in [-0.39, 0.29) is 18.5 Å². The normalized spacial score (nSPS) is 16.4. The monoisotopic (exact) mass is 962 g/mol. The van der Waals surface area contributed by atoms with E-state index in [1.54, 1.807) is 6.20 Å². The van der Waals surface area contributed by atoms with E-state index < -0.39 is 6.17 Å². The van der Waals surface area contributed by atoms with E-state index in [2.05, 4.69) is 241 Å². The topological polar surface area (TPSA) is 121 Å². The molecule has 4 atom stereocenters. The first kappa shape index (κ1) is 45.0. The van der Waals surface area contributed by atoms with Crippen molar-refractivity contribution in [2.75, 3.05) is 6.54 Å². The van der Waals surface area contributed by atoms with Crippen LogP contribution in [-0.2, 0) is 6.54 Å². The third-order valence-corrected chi connectivity index (χ3v) is 14.4. The van der Waals surface area contributed by atoms with Gasteiger partial charge in [0.25, 0.3) is 0 Å². The van der Waals surface area contributed by atoms with Gasteiger partial charge in [-0.2, -0.15) is 0 Å². The van der Waals surface area contributed by atoms with Crippen molar-refractivity contribution in [1.29, 1.82) is 0 Å². The lowest BCUT2D eigenvalue weighted by molar-refractivity contribution is 0.385. The Balaban J connectivity index is 0.789. The minimum Gasteiger partial charge on any atom is -0.387 e. The molecule has 0 spiro atoms.